The molecule has 6 amide bonds. The molecule has 3 aliphatic heterocycles. The van der Waals surface area contributed by atoms with Gasteiger partial charge in [0.15, 0.2) is 0 Å². The monoisotopic (exact) mass is 1340 g/mol. The van der Waals surface area contributed by atoms with Crippen LogP contribution in [0, 0.1) is 0 Å². The number of carbonyl (C=O) groups excluding carboxylic acids is 6. The molecule has 0 spiro atoms. The first-order chi connectivity index (χ1) is 50.6. The molecule has 3 aliphatic rings. The number of aryl methyl sites for hydroxylation is 4. The second-order valence-electron chi connectivity index (χ2n) is 22.5. The van der Waals surface area contributed by atoms with E-state index in [1.54, 1.807) is 37.3 Å². The van der Waals surface area contributed by atoms with Crippen molar-refractivity contribution in [3.05, 3.63) is 395 Å². The van der Waals surface area contributed by atoms with Crippen molar-refractivity contribution in [1.82, 2.24) is 4.90 Å². The Bertz CT molecular complexity index is 6210. The first-order valence-corrected chi connectivity index (χ1v) is 32.2. The van der Waals surface area contributed by atoms with Gasteiger partial charge in [-0.25, -0.2) is 14.7 Å². The maximum absolute atomic E-state index is 14.4. The van der Waals surface area contributed by atoms with Gasteiger partial charge in [0.1, 0.15) is 23.0 Å². The smallest absolute Gasteiger partial charge is 0.266 e. The van der Waals surface area contributed by atoms with Crippen LogP contribution in [0.25, 0.3) is 0 Å². The van der Waals surface area contributed by atoms with Crippen molar-refractivity contribution in [2.75, 3.05) is 9.80 Å². The van der Waals surface area contributed by atoms with Gasteiger partial charge in [-0.1, -0.05) is 95.8 Å². The van der Waals surface area contributed by atoms with E-state index in [9.17, 15) is 28.8 Å². The summed E-state index contributed by atoms with van der Waals surface area (Å²) in [6.07, 6.45) is 5.59. The third-order valence-electron chi connectivity index (χ3n) is 15.8. The van der Waals surface area contributed by atoms with Gasteiger partial charge >= 0.3 is 0 Å². The van der Waals surface area contributed by atoms with Crippen LogP contribution >= 0.6 is 0 Å². The first-order valence-electron chi connectivity index (χ1n) is 32.2. The maximum atomic E-state index is 14.4. The zero-order valence-electron chi connectivity index (χ0n) is 57.4. The summed E-state index contributed by atoms with van der Waals surface area (Å²) >= 11 is 0. The highest BCUT2D eigenvalue weighted by Gasteiger charge is 2.40. The number of carbonyl (C=O) groups is 6. The number of imide groups is 3. The van der Waals surface area contributed by atoms with Gasteiger partial charge in [0.25, 0.3) is 35.4 Å². The molecule has 0 saturated carbocycles. The highest BCUT2D eigenvalue weighted by atomic mass is 16.5. The lowest BCUT2D eigenvalue weighted by atomic mass is 9.78. The Morgan fingerprint density at radius 3 is 0.990 bits per heavy atom. The van der Waals surface area contributed by atoms with Crippen LogP contribution < -0.4 is 19.3 Å². The molecule has 0 saturated heterocycles. The molecule has 0 radical (unpaired) electrons. The zero-order valence-corrected chi connectivity index (χ0v) is 57.4. The number of nitrogens with zero attached hydrogens (tertiary/aromatic N) is 3. The van der Waals surface area contributed by atoms with Crippen molar-refractivity contribution in [2.45, 2.75) is 86.0 Å². The Hall–Kier alpha value is -15.7. The number of hydrogen-bond acceptors (Lipinski definition) is 8. The SMILES string of the molecule is C=C=C=C=C=C=C=C=C=C=C=C=C=C=C=C=C=C=C=C=C=C=C=C=C=C=C=C=C=C=C=C=C=C=C=C(C)N1C(=O)c2ccc(Oc3ccc(C(C)(C)c4ccc(Oc5ccc6c(c5)C(=O)N(c5c(CC)cc(Cc7cc(CC)c(N8C(=O)C=CC8=O)c(CC)c7)cc5CC)C6=O)cc4)cc3)cc2C1=O. The standard InChI is InChI=1S/C93H53N3O8/c1-9-14-15-16-17-18-19-20-21-22-23-24-25-26-27-28-29-30-31-32-33-34-35-36-37-38-39-40-41-42-43-44-45-46-68(6)94-89(99)81-57-55-79(66-83(81)91(94)101)103-77-51-47-75(48-52-77)93(7,8)76-49-53-78(54-50-76)104-80-56-58-82-84(67-80)92(102)96(90(82)100)88-73(12-4)64-70(65-74(88)13-5)61-69-62-71(10-2)87(72(11-3)63-69)95-85(97)59-60-86(95)98/h47-60,62-67H,1,10-13,61H2,2-8H3. The molecule has 11 nitrogen and oxygen atoms in total. The van der Waals surface area contributed by atoms with E-state index in [2.05, 4.69) is 240 Å². The Morgan fingerprint density at radius 2 is 0.644 bits per heavy atom. The summed E-state index contributed by atoms with van der Waals surface area (Å²) in [6, 6.07) is 33.2. The molecule has 0 fully saturated rings. The molecule has 6 aromatic carbocycles. The molecule has 6 aromatic rings. The lowest BCUT2D eigenvalue weighted by Crippen LogP contribution is -2.31. The van der Waals surface area contributed by atoms with Crippen molar-refractivity contribution in [3.63, 3.8) is 0 Å². The summed E-state index contributed by atoms with van der Waals surface area (Å²) in [6.45, 7) is 17.1. The molecule has 3 heterocycles. The van der Waals surface area contributed by atoms with Crippen LogP contribution in [0.2, 0.25) is 0 Å². The number of rotatable bonds is 15. The largest absolute Gasteiger partial charge is 0.457 e. The van der Waals surface area contributed by atoms with Gasteiger partial charge in [0, 0.05) is 109 Å². The fraction of sp³-hybridized carbons (Fsp3) is 0.140. The summed E-state index contributed by atoms with van der Waals surface area (Å²) < 4.78 is 12.5. The van der Waals surface area contributed by atoms with E-state index < -0.39 is 29.0 Å². The van der Waals surface area contributed by atoms with Crippen molar-refractivity contribution in [2.24, 2.45) is 0 Å². The number of anilines is 2. The Morgan fingerprint density at radius 1 is 0.356 bits per heavy atom. The quantitative estimate of drug-likeness (QED) is 0.0734. The fourth-order valence-electron chi connectivity index (χ4n) is 10.9. The van der Waals surface area contributed by atoms with Gasteiger partial charge in [-0.3, -0.25) is 28.8 Å². The van der Waals surface area contributed by atoms with Crippen molar-refractivity contribution >= 4 is 46.8 Å². The van der Waals surface area contributed by atoms with Crippen LogP contribution in [0.1, 0.15) is 134 Å². The normalized spacial score (nSPS) is 10.9. The highest BCUT2D eigenvalue weighted by molar-refractivity contribution is 6.35. The van der Waals surface area contributed by atoms with E-state index in [1.165, 1.54) is 28.0 Å². The minimum atomic E-state index is -0.550. The minimum absolute atomic E-state index is 0.170. The number of hydrogen-bond donors (Lipinski definition) is 0. The van der Waals surface area contributed by atoms with Gasteiger partial charge in [0.2, 0.25) is 0 Å². The lowest BCUT2D eigenvalue weighted by Gasteiger charge is -2.26. The van der Waals surface area contributed by atoms with Gasteiger partial charge in [-0.05, 0) is 248 Å². The molecule has 0 N–H and O–H groups in total. The van der Waals surface area contributed by atoms with E-state index >= 15 is 0 Å². The Labute approximate surface area is 600 Å². The molecule has 0 aliphatic carbocycles. The third kappa shape index (κ3) is 18.1. The second kappa shape index (κ2) is 35.5. The van der Waals surface area contributed by atoms with E-state index in [4.69, 9.17) is 9.47 Å². The number of allylic oxidation sites excluding steroid dienone is 1. The Balaban J connectivity index is 0.806. The van der Waals surface area contributed by atoms with Crippen LogP contribution in [0.3, 0.4) is 0 Å². The first kappa shape index (κ1) is 72.6. The summed E-state index contributed by atoms with van der Waals surface area (Å²) in [4.78, 5) is 84.7. The molecule has 104 heavy (non-hydrogen) atoms. The van der Waals surface area contributed by atoms with Crippen molar-refractivity contribution in [1.29, 1.82) is 0 Å². The summed E-state index contributed by atoms with van der Waals surface area (Å²) in [7, 11) is 0. The molecule has 488 valence electrons. The second-order valence-corrected chi connectivity index (χ2v) is 22.5. The lowest BCUT2D eigenvalue weighted by molar-refractivity contribution is -0.120. The van der Waals surface area contributed by atoms with Gasteiger partial charge in [-0.2, -0.15) is 0 Å². The molecule has 0 bridgehead atoms. The van der Waals surface area contributed by atoms with E-state index in [1.807, 2.05) is 76.2 Å². The van der Waals surface area contributed by atoms with Gasteiger partial charge in [-0.15, -0.1) is 0 Å². The zero-order chi connectivity index (χ0) is 73.8. The van der Waals surface area contributed by atoms with Gasteiger partial charge in [0.05, 0.1) is 39.3 Å². The minimum Gasteiger partial charge on any atom is -0.457 e. The molecule has 0 atom stereocenters. The highest BCUT2D eigenvalue weighted by Crippen LogP contribution is 2.40. The van der Waals surface area contributed by atoms with E-state index in [-0.39, 0.29) is 34.2 Å². The Kier molecular flexibility index (Phi) is 24.8. The average molecular weight is 1340 g/mol. The maximum Gasteiger partial charge on any atom is 0.266 e. The van der Waals surface area contributed by atoms with E-state index in [0.29, 0.717) is 72.0 Å². The van der Waals surface area contributed by atoms with Crippen LogP contribution in [0.5, 0.6) is 23.0 Å². The number of ether oxygens (including phenoxy) is 2. The summed E-state index contributed by atoms with van der Waals surface area (Å²) in [5.74, 6) is -0.768. The van der Waals surface area contributed by atoms with Crippen molar-refractivity contribution in [3.8, 4) is 23.0 Å². The predicted molar refractivity (Wildman–Crippen MR) is 389 cm³/mol. The molecule has 9 rings (SSSR count). The van der Waals surface area contributed by atoms with Crippen molar-refractivity contribution < 1.29 is 38.2 Å². The van der Waals surface area contributed by atoms with E-state index in [0.717, 1.165) is 49.4 Å². The number of fused-ring (bicyclic) bond motifs is 2. The van der Waals surface area contributed by atoms with Gasteiger partial charge < -0.3 is 9.47 Å². The average Bonchev–Trinajstić information content (AvgIpc) is 1.59. The molecular formula is C93H53N3O8. The molecule has 0 aromatic heterocycles. The molecule has 0 unspecified atom stereocenters. The topological polar surface area (TPSA) is 131 Å². The van der Waals surface area contributed by atoms with Crippen LogP contribution in [-0.2, 0) is 47.1 Å². The third-order valence-corrected chi connectivity index (χ3v) is 15.8. The molecular weight excluding hydrogens is 1290 g/mol. The molecule has 11 heteroatoms. The van der Waals surface area contributed by atoms with Crippen LogP contribution in [0.4, 0.5) is 11.4 Å². The van der Waals surface area contributed by atoms with Crippen LogP contribution in [0.15, 0.2) is 328 Å². The number of amides is 6. The summed E-state index contributed by atoms with van der Waals surface area (Å²) in [5.41, 5.74) is 95.0. The fourth-order valence-corrected chi connectivity index (χ4v) is 10.9. The number of benzene rings is 6. The summed E-state index contributed by atoms with van der Waals surface area (Å²) in [5, 5.41) is 0. The predicted octanol–water partition coefficient (Wildman–Crippen LogP) is 17.1. The van der Waals surface area contributed by atoms with Crippen LogP contribution in [-0.4, -0.2) is 40.3 Å².